The van der Waals surface area contributed by atoms with Crippen LogP contribution < -0.4 is 15.0 Å². The van der Waals surface area contributed by atoms with Gasteiger partial charge in [-0.05, 0) is 56.5 Å². The van der Waals surface area contributed by atoms with E-state index in [1.165, 1.54) is 16.5 Å². The third-order valence-electron chi connectivity index (χ3n) is 5.05. The molecule has 0 spiro atoms. The highest BCUT2D eigenvalue weighted by Gasteiger charge is 2.35. The van der Waals surface area contributed by atoms with Gasteiger partial charge < -0.3 is 15.0 Å². The molecule has 6 heteroatoms. The van der Waals surface area contributed by atoms with Crippen molar-refractivity contribution in [1.29, 1.82) is 0 Å². The summed E-state index contributed by atoms with van der Waals surface area (Å²) in [6.45, 7) is 5.14. The van der Waals surface area contributed by atoms with Crippen molar-refractivity contribution in [2.75, 3.05) is 24.6 Å². The van der Waals surface area contributed by atoms with Crippen molar-refractivity contribution in [3.05, 3.63) is 59.4 Å². The number of ether oxygens (including phenoxy) is 1. The van der Waals surface area contributed by atoms with Gasteiger partial charge in [-0.15, -0.1) is 0 Å². The SMILES string of the molecule is Cc1ccc(OCCCCNC(=O)C2CC(=O)N(c3ccc(C)cc3F)C2)cc1. The molecule has 5 nitrogen and oxygen atoms in total. The second kappa shape index (κ2) is 9.54. The van der Waals surface area contributed by atoms with Crippen molar-refractivity contribution in [2.45, 2.75) is 33.1 Å². The number of amides is 2. The maximum absolute atomic E-state index is 14.2. The number of carbonyl (C=O) groups is 2. The number of anilines is 1. The summed E-state index contributed by atoms with van der Waals surface area (Å²) in [4.78, 5) is 26.0. The van der Waals surface area contributed by atoms with E-state index < -0.39 is 11.7 Å². The quantitative estimate of drug-likeness (QED) is 0.689. The summed E-state index contributed by atoms with van der Waals surface area (Å²) >= 11 is 0. The highest BCUT2D eigenvalue weighted by atomic mass is 19.1. The fourth-order valence-corrected chi connectivity index (χ4v) is 3.35. The molecule has 154 valence electrons. The highest BCUT2D eigenvalue weighted by molar-refractivity contribution is 6.00. The van der Waals surface area contributed by atoms with Crippen molar-refractivity contribution < 1.29 is 18.7 Å². The van der Waals surface area contributed by atoms with Gasteiger partial charge in [0.2, 0.25) is 11.8 Å². The molecule has 1 atom stereocenters. The molecule has 2 amide bonds. The molecule has 1 aliphatic rings. The van der Waals surface area contributed by atoms with E-state index in [1.54, 1.807) is 19.1 Å². The van der Waals surface area contributed by atoms with E-state index in [-0.39, 0.29) is 30.5 Å². The average Bonchev–Trinajstić information content (AvgIpc) is 3.07. The summed E-state index contributed by atoms with van der Waals surface area (Å²) < 4.78 is 19.8. The first-order valence-corrected chi connectivity index (χ1v) is 9.98. The molecule has 1 unspecified atom stereocenters. The topological polar surface area (TPSA) is 58.6 Å². The minimum absolute atomic E-state index is 0.107. The number of aryl methyl sites for hydroxylation is 2. The smallest absolute Gasteiger partial charge is 0.227 e. The van der Waals surface area contributed by atoms with Crippen molar-refractivity contribution >= 4 is 17.5 Å². The number of nitrogens with one attached hydrogen (secondary N) is 1. The van der Waals surface area contributed by atoms with E-state index >= 15 is 0 Å². The molecule has 0 radical (unpaired) electrons. The first-order valence-electron chi connectivity index (χ1n) is 9.98. The molecule has 1 heterocycles. The molecule has 3 rings (SSSR count). The van der Waals surface area contributed by atoms with E-state index in [1.807, 2.05) is 31.2 Å². The predicted molar refractivity (Wildman–Crippen MR) is 111 cm³/mol. The van der Waals surface area contributed by atoms with Gasteiger partial charge in [-0.2, -0.15) is 0 Å². The van der Waals surface area contributed by atoms with Gasteiger partial charge in [0.05, 0.1) is 18.2 Å². The zero-order chi connectivity index (χ0) is 20.8. The monoisotopic (exact) mass is 398 g/mol. The molecule has 1 N–H and O–H groups in total. The Kier molecular flexibility index (Phi) is 6.86. The highest BCUT2D eigenvalue weighted by Crippen LogP contribution is 2.28. The molecular formula is C23H27FN2O3. The number of halogens is 1. The molecular weight excluding hydrogens is 371 g/mol. The van der Waals surface area contributed by atoms with Gasteiger partial charge in [-0.25, -0.2) is 4.39 Å². The molecule has 1 saturated heterocycles. The van der Waals surface area contributed by atoms with E-state index in [9.17, 15) is 14.0 Å². The van der Waals surface area contributed by atoms with Crippen LogP contribution in [0.4, 0.5) is 10.1 Å². The minimum atomic E-state index is -0.452. The van der Waals surface area contributed by atoms with E-state index in [2.05, 4.69) is 5.32 Å². The zero-order valence-corrected chi connectivity index (χ0v) is 16.9. The standard InChI is InChI=1S/C23H27FN2O3/c1-16-5-8-19(9-6-16)29-12-4-3-11-25-23(28)18-14-22(27)26(15-18)21-10-7-17(2)13-20(21)24/h5-10,13,18H,3-4,11-12,14-15H2,1-2H3,(H,25,28). The van der Waals surface area contributed by atoms with Crippen molar-refractivity contribution in [3.63, 3.8) is 0 Å². The van der Waals surface area contributed by atoms with Crippen LogP contribution in [-0.2, 0) is 9.59 Å². The summed E-state index contributed by atoms with van der Waals surface area (Å²) in [7, 11) is 0. The van der Waals surface area contributed by atoms with Crippen LogP contribution in [0, 0.1) is 25.6 Å². The summed E-state index contributed by atoms with van der Waals surface area (Å²) in [5, 5.41) is 2.88. The summed E-state index contributed by atoms with van der Waals surface area (Å²) in [5.41, 5.74) is 2.22. The molecule has 1 fully saturated rings. The third-order valence-corrected chi connectivity index (χ3v) is 5.05. The van der Waals surface area contributed by atoms with Crippen LogP contribution in [0.25, 0.3) is 0 Å². The van der Waals surface area contributed by atoms with Crippen LogP contribution in [0.1, 0.15) is 30.4 Å². The number of unbranched alkanes of at least 4 members (excludes halogenated alkanes) is 1. The van der Waals surface area contributed by atoms with Crippen LogP contribution in [0.3, 0.4) is 0 Å². The summed E-state index contributed by atoms with van der Waals surface area (Å²) in [5.74, 6) is -0.431. The van der Waals surface area contributed by atoms with Crippen LogP contribution in [-0.4, -0.2) is 31.5 Å². The molecule has 0 bridgehead atoms. The van der Waals surface area contributed by atoms with Crippen LogP contribution in [0.2, 0.25) is 0 Å². The number of nitrogens with zero attached hydrogens (tertiary/aromatic N) is 1. The molecule has 29 heavy (non-hydrogen) atoms. The third kappa shape index (κ3) is 5.56. The van der Waals surface area contributed by atoms with Gasteiger partial charge in [0, 0.05) is 19.5 Å². The van der Waals surface area contributed by atoms with Gasteiger partial charge in [-0.3, -0.25) is 9.59 Å². The van der Waals surface area contributed by atoms with Gasteiger partial charge in [0.25, 0.3) is 0 Å². The maximum Gasteiger partial charge on any atom is 0.227 e. The minimum Gasteiger partial charge on any atom is -0.494 e. The summed E-state index contributed by atoms with van der Waals surface area (Å²) in [6.07, 6.45) is 1.71. The lowest BCUT2D eigenvalue weighted by Gasteiger charge is -2.17. The Labute approximate surface area is 170 Å². The molecule has 2 aromatic rings. The molecule has 0 aliphatic carbocycles. The fourth-order valence-electron chi connectivity index (χ4n) is 3.35. The van der Waals surface area contributed by atoms with Crippen LogP contribution in [0.15, 0.2) is 42.5 Å². The first kappa shape index (κ1) is 20.8. The predicted octanol–water partition coefficient (Wildman–Crippen LogP) is 3.77. The number of hydrogen-bond acceptors (Lipinski definition) is 3. The molecule has 0 saturated carbocycles. The Morgan fingerprint density at radius 1 is 1.14 bits per heavy atom. The number of rotatable bonds is 8. The van der Waals surface area contributed by atoms with Crippen molar-refractivity contribution in [1.82, 2.24) is 5.32 Å². The van der Waals surface area contributed by atoms with E-state index in [0.717, 1.165) is 24.2 Å². The van der Waals surface area contributed by atoms with Crippen molar-refractivity contribution in [2.24, 2.45) is 5.92 Å². The maximum atomic E-state index is 14.2. The Balaban J connectivity index is 1.38. The second-order valence-corrected chi connectivity index (χ2v) is 7.52. The molecule has 1 aliphatic heterocycles. The second-order valence-electron chi connectivity index (χ2n) is 7.52. The van der Waals surface area contributed by atoms with Gasteiger partial charge in [0.15, 0.2) is 0 Å². The summed E-state index contributed by atoms with van der Waals surface area (Å²) in [6, 6.07) is 12.6. The van der Waals surface area contributed by atoms with Gasteiger partial charge >= 0.3 is 0 Å². The number of carbonyl (C=O) groups excluding carboxylic acids is 2. The van der Waals surface area contributed by atoms with Gasteiger partial charge in [-0.1, -0.05) is 23.8 Å². The number of hydrogen-bond donors (Lipinski definition) is 1. The largest absolute Gasteiger partial charge is 0.494 e. The van der Waals surface area contributed by atoms with Crippen LogP contribution in [0.5, 0.6) is 5.75 Å². The number of benzene rings is 2. The molecule has 2 aromatic carbocycles. The Morgan fingerprint density at radius 2 is 1.86 bits per heavy atom. The van der Waals surface area contributed by atoms with Crippen molar-refractivity contribution in [3.8, 4) is 5.75 Å². The van der Waals surface area contributed by atoms with Gasteiger partial charge in [0.1, 0.15) is 11.6 Å². The van der Waals surface area contributed by atoms with Crippen LogP contribution >= 0.6 is 0 Å². The lowest BCUT2D eigenvalue weighted by molar-refractivity contribution is -0.126. The molecule has 0 aromatic heterocycles. The lowest BCUT2D eigenvalue weighted by Crippen LogP contribution is -2.33. The van der Waals surface area contributed by atoms with E-state index in [4.69, 9.17) is 4.74 Å². The lowest BCUT2D eigenvalue weighted by atomic mass is 10.1. The van der Waals surface area contributed by atoms with E-state index in [0.29, 0.717) is 13.2 Å². The normalized spacial score (nSPS) is 16.2. The Hall–Kier alpha value is -2.89. The Bertz CT molecular complexity index is 867. The first-order chi connectivity index (χ1) is 13.9. The average molecular weight is 398 g/mol. The zero-order valence-electron chi connectivity index (χ0n) is 16.9. The fraction of sp³-hybridized carbons (Fsp3) is 0.391. The Morgan fingerprint density at radius 3 is 2.59 bits per heavy atom.